The lowest BCUT2D eigenvalue weighted by molar-refractivity contribution is 0.733. The third-order valence-corrected chi connectivity index (χ3v) is 2.72. The maximum Gasteiger partial charge on any atom is 0.163 e. The Morgan fingerprint density at radius 2 is 1.88 bits per heavy atom. The first-order valence-corrected chi connectivity index (χ1v) is 5.69. The Hall–Kier alpha value is -2.08. The van der Waals surface area contributed by atoms with Crippen LogP contribution in [0.4, 0.5) is 0 Å². The number of aromatic nitrogens is 2. The van der Waals surface area contributed by atoms with Crippen molar-refractivity contribution in [2.24, 2.45) is 0 Å². The van der Waals surface area contributed by atoms with Crippen molar-refractivity contribution in [3.05, 3.63) is 47.3 Å². The van der Waals surface area contributed by atoms with Gasteiger partial charge < -0.3 is 0 Å². The second-order valence-electron chi connectivity index (χ2n) is 4.47. The van der Waals surface area contributed by atoms with E-state index in [-0.39, 0.29) is 0 Å². The third kappa shape index (κ3) is 2.21. The van der Waals surface area contributed by atoms with Gasteiger partial charge in [-0.1, -0.05) is 31.5 Å². The molecule has 3 heteroatoms. The van der Waals surface area contributed by atoms with E-state index in [4.69, 9.17) is 5.26 Å². The number of aryl methyl sites for hydroxylation is 1. The Balaban J connectivity index is 2.54. The van der Waals surface area contributed by atoms with Gasteiger partial charge in [0.1, 0.15) is 6.07 Å². The number of nitriles is 1. The molecule has 0 spiro atoms. The molecule has 0 unspecified atom stereocenters. The summed E-state index contributed by atoms with van der Waals surface area (Å²) < 4.78 is 1.85. The van der Waals surface area contributed by atoms with E-state index in [9.17, 15) is 0 Å². The summed E-state index contributed by atoms with van der Waals surface area (Å²) in [6, 6.07) is 12.1. The SMILES string of the molecule is Cc1ccc(-n2nc(C#N)cc2C(C)C)cc1. The van der Waals surface area contributed by atoms with Gasteiger partial charge in [-0.05, 0) is 31.0 Å². The molecule has 0 N–H and O–H groups in total. The van der Waals surface area contributed by atoms with E-state index in [1.54, 1.807) is 0 Å². The van der Waals surface area contributed by atoms with Crippen molar-refractivity contribution in [3.63, 3.8) is 0 Å². The van der Waals surface area contributed by atoms with Gasteiger partial charge in [0.05, 0.1) is 5.69 Å². The Labute approximate surface area is 101 Å². The van der Waals surface area contributed by atoms with E-state index in [1.807, 2.05) is 35.0 Å². The summed E-state index contributed by atoms with van der Waals surface area (Å²) in [6.45, 7) is 6.25. The lowest BCUT2D eigenvalue weighted by Gasteiger charge is -2.09. The molecule has 0 aliphatic heterocycles. The fourth-order valence-electron chi connectivity index (χ4n) is 1.75. The summed E-state index contributed by atoms with van der Waals surface area (Å²) in [5.74, 6) is 0.339. The van der Waals surface area contributed by atoms with Crippen LogP contribution < -0.4 is 0 Å². The monoisotopic (exact) mass is 225 g/mol. The average molecular weight is 225 g/mol. The molecule has 2 rings (SSSR count). The van der Waals surface area contributed by atoms with Gasteiger partial charge >= 0.3 is 0 Å². The molecule has 0 fully saturated rings. The van der Waals surface area contributed by atoms with Crippen LogP contribution in [0.15, 0.2) is 30.3 Å². The van der Waals surface area contributed by atoms with Crippen molar-refractivity contribution in [1.82, 2.24) is 9.78 Å². The molecular formula is C14H15N3. The zero-order chi connectivity index (χ0) is 12.4. The smallest absolute Gasteiger partial charge is 0.163 e. The minimum Gasteiger partial charge on any atom is -0.236 e. The first kappa shape index (κ1) is 11.4. The fourth-order valence-corrected chi connectivity index (χ4v) is 1.75. The molecule has 17 heavy (non-hydrogen) atoms. The van der Waals surface area contributed by atoms with E-state index in [2.05, 4.69) is 31.9 Å². The molecule has 0 saturated carbocycles. The maximum absolute atomic E-state index is 8.92. The van der Waals surface area contributed by atoms with Crippen LogP contribution >= 0.6 is 0 Å². The van der Waals surface area contributed by atoms with E-state index >= 15 is 0 Å². The summed E-state index contributed by atoms with van der Waals surface area (Å²) in [4.78, 5) is 0. The second-order valence-corrected chi connectivity index (χ2v) is 4.47. The van der Waals surface area contributed by atoms with Crippen molar-refractivity contribution < 1.29 is 0 Å². The van der Waals surface area contributed by atoms with Gasteiger partial charge in [0.2, 0.25) is 0 Å². The highest BCUT2D eigenvalue weighted by Crippen LogP contribution is 2.20. The van der Waals surface area contributed by atoms with Crippen LogP contribution in [-0.2, 0) is 0 Å². The fraction of sp³-hybridized carbons (Fsp3) is 0.286. The van der Waals surface area contributed by atoms with E-state index in [0.29, 0.717) is 11.6 Å². The number of rotatable bonds is 2. The van der Waals surface area contributed by atoms with E-state index < -0.39 is 0 Å². The van der Waals surface area contributed by atoms with Gasteiger partial charge in [0.25, 0.3) is 0 Å². The van der Waals surface area contributed by atoms with Crippen molar-refractivity contribution in [2.75, 3.05) is 0 Å². The molecule has 1 heterocycles. The standard InChI is InChI=1S/C14H15N3/c1-10(2)14-8-12(9-15)16-17(14)13-6-4-11(3)5-7-13/h4-8,10H,1-3H3. The molecule has 0 bridgehead atoms. The normalized spacial score (nSPS) is 10.5. The predicted molar refractivity (Wildman–Crippen MR) is 67.1 cm³/mol. The maximum atomic E-state index is 8.92. The number of hydrogen-bond acceptors (Lipinski definition) is 2. The minimum atomic E-state index is 0.339. The van der Waals surface area contributed by atoms with Gasteiger partial charge in [0.15, 0.2) is 5.69 Å². The largest absolute Gasteiger partial charge is 0.236 e. The van der Waals surface area contributed by atoms with Gasteiger partial charge in [-0.2, -0.15) is 10.4 Å². The lowest BCUT2D eigenvalue weighted by Crippen LogP contribution is -2.03. The van der Waals surface area contributed by atoms with Crippen molar-refractivity contribution >= 4 is 0 Å². The van der Waals surface area contributed by atoms with Crippen LogP contribution in [0.3, 0.4) is 0 Å². The number of hydrogen-bond donors (Lipinski definition) is 0. The minimum absolute atomic E-state index is 0.339. The van der Waals surface area contributed by atoms with Crippen LogP contribution in [-0.4, -0.2) is 9.78 Å². The molecular weight excluding hydrogens is 210 g/mol. The molecule has 86 valence electrons. The molecule has 0 radical (unpaired) electrons. The Morgan fingerprint density at radius 1 is 1.24 bits per heavy atom. The van der Waals surface area contributed by atoms with E-state index in [0.717, 1.165) is 11.4 Å². The molecule has 0 aliphatic carbocycles. The number of benzene rings is 1. The summed E-state index contributed by atoms with van der Waals surface area (Å²) in [5.41, 5.74) is 3.74. The highest BCUT2D eigenvalue weighted by Gasteiger charge is 2.12. The Morgan fingerprint density at radius 3 is 2.41 bits per heavy atom. The Kier molecular flexibility index (Phi) is 2.97. The topological polar surface area (TPSA) is 41.6 Å². The van der Waals surface area contributed by atoms with Crippen LogP contribution in [0.2, 0.25) is 0 Å². The van der Waals surface area contributed by atoms with Crippen molar-refractivity contribution in [2.45, 2.75) is 26.7 Å². The molecule has 2 aromatic rings. The molecule has 0 atom stereocenters. The molecule has 3 nitrogen and oxygen atoms in total. The zero-order valence-corrected chi connectivity index (χ0v) is 10.3. The highest BCUT2D eigenvalue weighted by molar-refractivity contribution is 5.38. The second kappa shape index (κ2) is 4.42. The summed E-state index contributed by atoms with van der Waals surface area (Å²) in [5, 5.41) is 13.2. The van der Waals surface area contributed by atoms with Gasteiger partial charge in [-0.3, -0.25) is 0 Å². The lowest BCUT2D eigenvalue weighted by atomic mass is 10.1. The highest BCUT2D eigenvalue weighted by atomic mass is 15.3. The summed E-state index contributed by atoms with van der Waals surface area (Å²) in [7, 11) is 0. The zero-order valence-electron chi connectivity index (χ0n) is 10.3. The van der Waals surface area contributed by atoms with Crippen LogP contribution in [0.25, 0.3) is 5.69 Å². The van der Waals surface area contributed by atoms with Crippen molar-refractivity contribution in [1.29, 1.82) is 5.26 Å². The van der Waals surface area contributed by atoms with Crippen molar-refractivity contribution in [3.8, 4) is 11.8 Å². The molecule has 0 saturated heterocycles. The quantitative estimate of drug-likeness (QED) is 0.787. The molecule has 0 amide bonds. The van der Waals surface area contributed by atoms with E-state index in [1.165, 1.54) is 5.56 Å². The molecule has 1 aromatic heterocycles. The number of nitrogens with zero attached hydrogens (tertiary/aromatic N) is 3. The Bertz CT molecular complexity index is 556. The first-order valence-electron chi connectivity index (χ1n) is 5.69. The molecule has 0 aliphatic rings. The predicted octanol–water partition coefficient (Wildman–Crippen LogP) is 3.18. The van der Waals surface area contributed by atoms with Gasteiger partial charge in [-0.25, -0.2) is 4.68 Å². The third-order valence-electron chi connectivity index (χ3n) is 2.72. The van der Waals surface area contributed by atoms with Crippen LogP contribution in [0, 0.1) is 18.3 Å². The van der Waals surface area contributed by atoms with Crippen LogP contribution in [0.1, 0.15) is 36.7 Å². The van der Waals surface area contributed by atoms with Crippen LogP contribution in [0.5, 0.6) is 0 Å². The van der Waals surface area contributed by atoms with Gasteiger partial charge in [0, 0.05) is 5.69 Å². The average Bonchev–Trinajstić information content (AvgIpc) is 2.74. The first-order chi connectivity index (χ1) is 8.11. The summed E-state index contributed by atoms with van der Waals surface area (Å²) in [6.07, 6.45) is 0. The summed E-state index contributed by atoms with van der Waals surface area (Å²) >= 11 is 0. The molecule has 1 aromatic carbocycles. The van der Waals surface area contributed by atoms with Gasteiger partial charge in [-0.15, -0.1) is 0 Å².